The quantitative estimate of drug-likeness (QED) is 0.915. The minimum atomic E-state index is 0.428. The van der Waals surface area contributed by atoms with Crippen molar-refractivity contribution in [3.63, 3.8) is 0 Å². The van der Waals surface area contributed by atoms with E-state index < -0.39 is 0 Å². The first-order chi connectivity index (χ1) is 11.6. The standard InChI is InChI=1S/C18H26N6/c1-14(2)24-16(3-7-21-24)11-23-8-5-18(12-23)9-15(10-18)22-17-4-6-19-13-20-17/h3-4,6-7,13-15H,5,8-12H2,1-2H3,(H,19,20,22). The van der Waals surface area contributed by atoms with Crippen LogP contribution in [0.5, 0.6) is 0 Å². The van der Waals surface area contributed by atoms with E-state index in [0.717, 1.165) is 12.4 Å². The van der Waals surface area contributed by atoms with Crippen LogP contribution < -0.4 is 5.32 Å². The van der Waals surface area contributed by atoms with Crippen LogP contribution in [0, 0.1) is 5.41 Å². The molecular formula is C18H26N6. The highest BCUT2D eigenvalue weighted by atomic mass is 15.3. The molecule has 2 aliphatic rings. The lowest BCUT2D eigenvalue weighted by Gasteiger charge is -2.45. The monoisotopic (exact) mass is 326 g/mol. The molecule has 1 saturated heterocycles. The van der Waals surface area contributed by atoms with Crippen LogP contribution in [-0.4, -0.2) is 43.8 Å². The summed E-state index contributed by atoms with van der Waals surface area (Å²) in [6.45, 7) is 7.81. The van der Waals surface area contributed by atoms with Gasteiger partial charge in [-0.3, -0.25) is 9.58 Å². The van der Waals surface area contributed by atoms with Gasteiger partial charge in [0.25, 0.3) is 0 Å². The topological polar surface area (TPSA) is 58.9 Å². The Kier molecular flexibility index (Phi) is 4.00. The number of anilines is 1. The summed E-state index contributed by atoms with van der Waals surface area (Å²) in [5.74, 6) is 0.945. The number of hydrogen-bond acceptors (Lipinski definition) is 5. The lowest BCUT2D eigenvalue weighted by atomic mass is 9.65. The number of nitrogens with one attached hydrogen (secondary N) is 1. The smallest absolute Gasteiger partial charge is 0.129 e. The third-order valence-corrected chi connectivity index (χ3v) is 5.44. The van der Waals surface area contributed by atoms with Crippen LogP contribution in [0.4, 0.5) is 5.82 Å². The van der Waals surface area contributed by atoms with Crippen LogP contribution in [0.2, 0.25) is 0 Å². The number of hydrogen-bond donors (Lipinski definition) is 1. The fourth-order valence-electron chi connectivity index (χ4n) is 4.33. The molecule has 0 bridgehead atoms. The average molecular weight is 326 g/mol. The van der Waals surface area contributed by atoms with Gasteiger partial charge in [-0.1, -0.05) is 0 Å². The second kappa shape index (κ2) is 6.16. The molecule has 4 rings (SSSR count). The van der Waals surface area contributed by atoms with E-state index in [0.29, 0.717) is 17.5 Å². The Hall–Kier alpha value is -1.95. The zero-order valence-electron chi connectivity index (χ0n) is 14.5. The highest BCUT2D eigenvalue weighted by molar-refractivity contribution is 5.34. The zero-order valence-corrected chi connectivity index (χ0v) is 14.5. The van der Waals surface area contributed by atoms with E-state index in [1.54, 1.807) is 12.5 Å². The SMILES string of the molecule is CC(C)n1nccc1CN1CCC2(CC(Nc3ccncn3)C2)C1. The summed E-state index contributed by atoms with van der Waals surface area (Å²) in [5.41, 5.74) is 1.84. The molecule has 0 amide bonds. The third-order valence-electron chi connectivity index (χ3n) is 5.44. The Morgan fingerprint density at radius 3 is 2.92 bits per heavy atom. The average Bonchev–Trinajstić information content (AvgIpc) is 3.16. The molecule has 6 nitrogen and oxygen atoms in total. The molecule has 1 N–H and O–H groups in total. The minimum Gasteiger partial charge on any atom is -0.367 e. The largest absolute Gasteiger partial charge is 0.367 e. The number of likely N-dealkylation sites (tertiary alicyclic amines) is 1. The van der Waals surface area contributed by atoms with Gasteiger partial charge in [0.2, 0.25) is 0 Å². The molecule has 1 spiro atoms. The molecule has 1 aliphatic carbocycles. The van der Waals surface area contributed by atoms with Gasteiger partial charge >= 0.3 is 0 Å². The number of nitrogens with zero attached hydrogens (tertiary/aromatic N) is 5. The van der Waals surface area contributed by atoms with Gasteiger partial charge in [-0.2, -0.15) is 5.10 Å². The van der Waals surface area contributed by atoms with E-state index >= 15 is 0 Å². The van der Waals surface area contributed by atoms with Crippen LogP contribution in [-0.2, 0) is 6.54 Å². The first-order valence-corrected chi connectivity index (χ1v) is 8.91. The first-order valence-electron chi connectivity index (χ1n) is 8.91. The molecular weight excluding hydrogens is 300 g/mol. The molecule has 6 heteroatoms. The predicted octanol–water partition coefficient (Wildman–Crippen LogP) is 2.72. The lowest BCUT2D eigenvalue weighted by molar-refractivity contribution is 0.119. The summed E-state index contributed by atoms with van der Waals surface area (Å²) < 4.78 is 2.14. The van der Waals surface area contributed by atoms with Crippen molar-refractivity contribution in [3.05, 3.63) is 36.5 Å². The summed E-state index contributed by atoms with van der Waals surface area (Å²) in [7, 11) is 0. The van der Waals surface area contributed by atoms with Crippen molar-refractivity contribution < 1.29 is 0 Å². The molecule has 0 unspecified atom stereocenters. The maximum Gasteiger partial charge on any atom is 0.129 e. The van der Waals surface area contributed by atoms with E-state index in [2.05, 4.69) is 49.9 Å². The van der Waals surface area contributed by atoms with Crippen LogP contribution in [0.1, 0.15) is 44.8 Å². The molecule has 0 radical (unpaired) electrons. The third kappa shape index (κ3) is 3.02. The fourth-order valence-corrected chi connectivity index (χ4v) is 4.33. The summed E-state index contributed by atoms with van der Waals surface area (Å²) in [5, 5.41) is 7.99. The van der Waals surface area contributed by atoms with Gasteiger partial charge in [-0.25, -0.2) is 9.97 Å². The molecule has 128 valence electrons. The summed E-state index contributed by atoms with van der Waals surface area (Å²) in [4.78, 5) is 10.8. The summed E-state index contributed by atoms with van der Waals surface area (Å²) in [6, 6.07) is 5.09. The fraction of sp³-hybridized carbons (Fsp3) is 0.611. The molecule has 0 aromatic carbocycles. The van der Waals surface area contributed by atoms with E-state index in [1.807, 2.05) is 12.3 Å². The van der Waals surface area contributed by atoms with Gasteiger partial charge in [0, 0.05) is 37.6 Å². The molecule has 2 aromatic rings. The summed E-state index contributed by atoms with van der Waals surface area (Å²) in [6.07, 6.45) is 9.12. The second-order valence-corrected chi connectivity index (χ2v) is 7.67. The Bertz CT molecular complexity index is 674. The van der Waals surface area contributed by atoms with Gasteiger partial charge in [0.15, 0.2) is 0 Å². The maximum absolute atomic E-state index is 4.46. The Labute approximate surface area is 143 Å². The minimum absolute atomic E-state index is 0.428. The maximum atomic E-state index is 4.46. The normalized spacial score (nSPS) is 26.9. The van der Waals surface area contributed by atoms with Gasteiger partial charge in [-0.15, -0.1) is 0 Å². The Morgan fingerprint density at radius 2 is 2.17 bits per heavy atom. The van der Waals surface area contributed by atoms with Gasteiger partial charge in [-0.05, 0) is 57.2 Å². The number of rotatable bonds is 5. The first kappa shape index (κ1) is 15.6. The second-order valence-electron chi connectivity index (χ2n) is 7.67. The van der Waals surface area contributed by atoms with Crippen molar-refractivity contribution in [1.82, 2.24) is 24.6 Å². The molecule has 24 heavy (non-hydrogen) atoms. The molecule has 0 atom stereocenters. The summed E-state index contributed by atoms with van der Waals surface area (Å²) >= 11 is 0. The Morgan fingerprint density at radius 1 is 1.29 bits per heavy atom. The van der Waals surface area contributed by atoms with Gasteiger partial charge in [0.05, 0.1) is 5.69 Å². The highest BCUT2D eigenvalue weighted by Gasteiger charge is 2.48. The number of aromatic nitrogens is 4. The molecule has 1 aliphatic heterocycles. The predicted molar refractivity (Wildman–Crippen MR) is 93.6 cm³/mol. The van der Waals surface area contributed by atoms with E-state index in [9.17, 15) is 0 Å². The van der Waals surface area contributed by atoms with Crippen LogP contribution in [0.3, 0.4) is 0 Å². The molecule has 2 fully saturated rings. The lowest BCUT2D eigenvalue weighted by Crippen LogP contribution is -2.46. The van der Waals surface area contributed by atoms with E-state index in [-0.39, 0.29) is 0 Å². The van der Waals surface area contributed by atoms with Crippen LogP contribution in [0.15, 0.2) is 30.9 Å². The van der Waals surface area contributed by atoms with Crippen molar-refractivity contribution in [2.45, 2.75) is 51.7 Å². The van der Waals surface area contributed by atoms with Crippen LogP contribution in [0.25, 0.3) is 0 Å². The zero-order chi connectivity index (χ0) is 16.6. The van der Waals surface area contributed by atoms with Crippen LogP contribution >= 0.6 is 0 Å². The van der Waals surface area contributed by atoms with E-state index in [1.165, 1.54) is 38.0 Å². The van der Waals surface area contributed by atoms with Crippen molar-refractivity contribution in [1.29, 1.82) is 0 Å². The Balaban J connectivity index is 1.30. The van der Waals surface area contributed by atoms with Crippen molar-refractivity contribution in [2.75, 3.05) is 18.4 Å². The molecule has 2 aromatic heterocycles. The molecule has 1 saturated carbocycles. The van der Waals surface area contributed by atoms with Crippen molar-refractivity contribution in [2.24, 2.45) is 5.41 Å². The van der Waals surface area contributed by atoms with Crippen molar-refractivity contribution >= 4 is 5.82 Å². The molecule has 3 heterocycles. The van der Waals surface area contributed by atoms with Crippen molar-refractivity contribution in [3.8, 4) is 0 Å². The highest BCUT2D eigenvalue weighted by Crippen LogP contribution is 2.49. The van der Waals surface area contributed by atoms with Gasteiger partial charge in [0.1, 0.15) is 12.1 Å². The van der Waals surface area contributed by atoms with Gasteiger partial charge < -0.3 is 5.32 Å². The van der Waals surface area contributed by atoms with E-state index in [4.69, 9.17) is 0 Å².